The molecule has 1 aliphatic rings. The minimum Gasteiger partial charge on any atom is -0.495 e. The van der Waals surface area contributed by atoms with E-state index in [4.69, 9.17) is 16.3 Å². The number of carbonyl (C=O) groups is 2. The van der Waals surface area contributed by atoms with E-state index in [2.05, 4.69) is 10.6 Å². The molecule has 0 radical (unpaired) electrons. The lowest BCUT2D eigenvalue weighted by atomic mass is 10.0. The summed E-state index contributed by atoms with van der Waals surface area (Å²) in [4.78, 5) is 24.6. The maximum Gasteiger partial charge on any atom is 0.243 e. The number of ether oxygens (including phenoxy) is 1. The Morgan fingerprint density at radius 2 is 1.76 bits per heavy atom. The van der Waals surface area contributed by atoms with Gasteiger partial charge in [-0.1, -0.05) is 30.2 Å². The monoisotopic (exact) mass is 493 g/mol. The zero-order valence-electron chi connectivity index (χ0n) is 18.6. The summed E-state index contributed by atoms with van der Waals surface area (Å²) in [5, 5.41) is 6.04. The van der Waals surface area contributed by atoms with Crippen LogP contribution in [0.25, 0.3) is 0 Å². The highest BCUT2D eigenvalue weighted by Gasteiger charge is 2.27. The van der Waals surface area contributed by atoms with Crippen LogP contribution in [0.3, 0.4) is 0 Å². The molecule has 0 spiro atoms. The topological polar surface area (TPSA) is 105 Å². The van der Waals surface area contributed by atoms with E-state index in [0.29, 0.717) is 23.9 Å². The number of halogens is 1. The second kappa shape index (κ2) is 11.0. The first kappa shape index (κ1) is 25.0. The number of anilines is 1. The fourth-order valence-electron chi connectivity index (χ4n) is 3.78. The lowest BCUT2D eigenvalue weighted by Crippen LogP contribution is -2.35. The largest absolute Gasteiger partial charge is 0.495 e. The Kier molecular flexibility index (Phi) is 8.34. The van der Waals surface area contributed by atoms with Gasteiger partial charge in [-0.25, -0.2) is 8.42 Å². The van der Waals surface area contributed by atoms with E-state index in [1.54, 1.807) is 24.3 Å². The third-order valence-corrected chi connectivity index (χ3v) is 7.58. The molecule has 2 aromatic rings. The highest BCUT2D eigenvalue weighted by molar-refractivity contribution is 7.89. The summed E-state index contributed by atoms with van der Waals surface area (Å²) in [6, 6.07) is 10.7. The first-order valence-electron chi connectivity index (χ1n) is 10.7. The number of benzene rings is 2. The van der Waals surface area contributed by atoms with Crippen molar-refractivity contribution in [2.45, 2.75) is 43.5 Å². The number of methoxy groups -OCH3 is 1. The minimum absolute atomic E-state index is 0.0620. The zero-order chi connectivity index (χ0) is 24.0. The Hall–Kier alpha value is -2.62. The predicted octanol–water partition coefficient (Wildman–Crippen LogP) is 3.73. The van der Waals surface area contributed by atoms with Crippen LogP contribution in [0.15, 0.2) is 47.4 Å². The molecule has 1 unspecified atom stereocenters. The van der Waals surface area contributed by atoms with Crippen LogP contribution in [0, 0.1) is 0 Å². The van der Waals surface area contributed by atoms with Crippen molar-refractivity contribution < 1.29 is 22.7 Å². The molecule has 10 heteroatoms. The zero-order valence-corrected chi connectivity index (χ0v) is 20.2. The molecule has 8 nitrogen and oxygen atoms in total. The molecule has 33 heavy (non-hydrogen) atoms. The van der Waals surface area contributed by atoms with Crippen molar-refractivity contribution in [1.82, 2.24) is 9.62 Å². The Labute approximate surface area is 199 Å². The molecule has 1 heterocycles. The minimum atomic E-state index is -3.67. The molecular weight excluding hydrogens is 466 g/mol. The molecule has 1 saturated heterocycles. The molecule has 2 amide bonds. The predicted molar refractivity (Wildman–Crippen MR) is 127 cm³/mol. The summed E-state index contributed by atoms with van der Waals surface area (Å²) in [6.07, 6.45) is 2.61. The van der Waals surface area contributed by atoms with Gasteiger partial charge in [-0.2, -0.15) is 4.31 Å². The first-order valence-corrected chi connectivity index (χ1v) is 12.5. The third-order valence-electron chi connectivity index (χ3n) is 5.44. The average Bonchev–Trinajstić information content (AvgIpc) is 2.79. The summed E-state index contributed by atoms with van der Waals surface area (Å²) >= 11 is 5.94. The third kappa shape index (κ3) is 6.46. The average molecular weight is 494 g/mol. The lowest BCUT2D eigenvalue weighted by Gasteiger charge is -2.26. The summed E-state index contributed by atoms with van der Waals surface area (Å²) in [7, 11) is -2.23. The Bertz CT molecular complexity index is 1100. The number of piperidine rings is 1. The van der Waals surface area contributed by atoms with Crippen molar-refractivity contribution in [3.05, 3.63) is 53.1 Å². The summed E-state index contributed by atoms with van der Waals surface area (Å²) < 4.78 is 32.9. The number of nitrogens with zero attached hydrogens (tertiary/aromatic N) is 1. The van der Waals surface area contributed by atoms with E-state index in [1.165, 1.54) is 36.5 Å². The van der Waals surface area contributed by atoms with Gasteiger partial charge >= 0.3 is 0 Å². The standard InChI is InChI=1S/C23H28ClN3O5S/c1-16(28)25-20(17-6-8-18(24)9-7-17)15-23(29)26-21-14-19(10-11-22(21)32-2)33(30,31)27-12-4-3-5-13-27/h6-11,14,20H,3-5,12-13,15H2,1-2H3,(H,25,28)(H,26,29). The molecule has 0 saturated carbocycles. The number of nitrogens with one attached hydrogen (secondary N) is 2. The van der Waals surface area contributed by atoms with Gasteiger partial charge in [-0.05, 0) is 48.7 Å². The van der Waals surface area contributed by atoms with Crippen molar-refractivity contribution >= 4 is 39.1 Å². The van der Waals surface area contributed by atoms with Gasteiger partial charge in [0.15, 0.2) is 0 Å². The maximum absolute atomic E-state index is 13.1. The first-order chi connectivity index (χ1) is 15.7. The second-order valence-electron chi connectivity index (χ2n) is 7.88. The van der Waals surface area contributed by atoms with Gasteiger partial charge in [0.05, 0.1) is 30.2 Å². The number of rotatable bonds is 8. The molecule has 1 fully saturated rings. The van der Waals surface area contributed by atoms with Crippen LogP contribution in [0.5, 0.6) is 5.75 Å². The second-order valence-corrected chi connectivity index (χ2v) is 10.3. The lowest BCUT2D eigenvalue weighted by molar-refractivity contribution is -0.120. The van der Waals surface area contributed by atoms with Crippen molar-refractivity contribution in [3.63, 3.8) is 0 Å². The molecule has 1 aliphatic heterocycles. The number of sulfonamides is 1. The molecular formula is C23H28ClN3O5S. The van der Waals surface area contributed by atoms with E-state index < -0.39 is 22.0 Å². The normalized spacial score (nSPS) is 15.5. The van der Waals surface area contributed by atoms with Gasteiger partial charge in [0.25, 0.3) is 0 Å². The van der Waals surface area contributed by atoms with E-state index in [0.717, 1.165) is 24.8 Å². The van der Waals surface area contributed by atoms with Gasteiger partial charge in [-0.15, -0.1) is 0 Å². The molecule has 178 valence electrons. The Morgan fingerprint density at radius 1 is 1.09 bits per heavy atom. The van der Waals surface area contributed by atoms with Crippen LogP contribution in [0.1, 0.15) is 44.2 Å². The van der Waals surface area contributed by atoms with Crippen molar-refractivity contribution in [2.75, 3.05) is 25.5 Å². The Balaban J connectivity index is 1.81. The van der Waals surface area contributed by atoms with Crippen molar-refractivity contribution in [2.24, 2.45) is 0 Å². The number of amides is 2. The van der Waals surface area contributed by atoms with E-state index >= 15 is 0 Å². The number of hydrogen-bond acceptors (Lipinski definition) is 5. The van der Waals surface area contributed by atoms with Gasteiger partial charge < -0.3 is 15.4 Å². The molecule has 2 N–H and O–H groups in total. The van der Waals surface area contributed by atoms with Crippen LogP contribution in [-0.4, -0.2) is 44.7 Å². The molecule has 0 aliphatic carbocycles. The molecule has 1 atom stereocenters. The highest BCUT2D eigenvalue weighted by Crippen LogP contribution is 2.30. The van der Waals surface area contributed by atoms with E-state index in [-0.39, 0.29) is 22.9 Å². The molecule has 0 aromatic heterocycles. The molecule has 0 bridgehead atoms. The summed E-state index contributed by atoms with van der Waals surface area (Å²) in [5.74, 6) is -0.354. The fourth-order valence-corrected chi connectivity index (χ4v) is 5.45. The van der Waals surface area contributed by atoms with Crippen LogP contribution in [0.4, 0.5) is 5.69 Å². The van der Waals surface area contributed by atoms with E-state index in [1.807, 2.05) is 0 Å². The van der Waals surface area contributed by atoms with Gasteiger partial charge in [0.2, 0.25) is 21.8 Å². The smallest absolute Gasteiger partial charge is 0.243 e. The van der Waals surface area contributed by atoms with Crippen molar-refractivity contribution in [3.8, 4) is 5.75 Å². The SMILES string of the molecule is COc1ccc(S(=O)(=O)N2CCCCC2)cc1NC(=O)CC(NC(C)=O)c1ccc(Cl)cc1. The van der Waals surface area contributed by atoms with Gasteiger partial charge in [0, 0.05) is 25.0 Å². The maximum atomic E-state index is 13.1. The summed E-state index contributed by atoms with van der Waals surface area (Å²) in [5.41, 5.74) is 0.969. The fraction of sp³-hybridized carbons (Fsp3) is 0.391. The number of carbonyl (C=O) groups excluding carboxylic acids is 2. The van der Waals surface area contributed by atoms with Gasteiger partial charge in [0.1, 0.15) is 5.75 Å². The van der Waals surface area contributed by atoms with Gasteiger partial charge in [-0.3, -0.25) is 9.59 Å². The van der Waals surface area contributed by atoms with Crippen molar-refractivity contribution in [1.29, 1.82) is 0 Å². The van der Waals surface area contributed by atoms with Crippen LogP contribution in [-0.2, 0) is 19.6 Å². The Morgan fingerprint density at radius 3 is 2.36 bits per heavy atom. The number of hydrogen-bond donors (Lipinski definition) is 2. The van der Waals surface area contributed by atoms with Crippen LogP contribution in [0.2, 0.25) is 5.02 Å². The highest BCUT2D eigenvalue weighted by atomic mass is 35.5. The quantitative estimate of drug-likeness (QED) is 0.583. The summed E-state index contributed by atoms with van der Waals surface area (Å²) in [6.45, 7) is 2.34. The molecule has 3 rings (SSSR count). The van der Waals surface area contributed by atoms with Crippen LogP contribution < -0.4 is 15.4 Å². The van der Waals surface area contributed by atoms with E-state index in [9.17, 15) is 18.0 Å². The van der Waals surface area contributed by atoms with Crippen LogP contribution >= 0.6 is 11.6 Å². The molecule has 2 aromatic carbocycles.